The number of aromatic nitrogens is 1. The van der Waals surface area contributed by atoms with Gasteiger partial charge in [-0.25, -0.2) is 4.57 Å². The molecule has 0 amide bonds. The second-order valence-corrected chi connectivity index (χ2v) is 17.6. The summed E-state index contributed by atoms with van der Waals surface area (Å²) >= 11 is 0. The van der Waals surface area contributed by atoms with Gasteiger partial charge in [-0.05, 0) is 69.3 Å². The summed E-state index contributed by atoms with van der Waals surface area (Å²) in [6.07, 6.45) is -50.7. The van der Waals surface area contributed by atoms with Crippen molar-refractivity contribution in [3.05, 3.63) is 178 Å². The van der Waals surface area contributed by atoms with Gasteiger partial charge in [0.2, 0.25) is 0 Å². The molecule has 1 heterocycles. The van der Waals surface area contributed by atoms with Crippen LogP contribution < -0.4 is 31.2 Å². The molecule has 0 aliphatic carbocycles. The Morgan fingerprint density at radius 1 is 0.333 bits per heavy atom. The number of rotatable bonds is 7. The van der Waals surface area contributed by atoms with Crippen molar-refractivity contribution in [3.8, 4) is 5.75 Å². The Bertz CT molecular complexity index is 2520. The molecule has 0 fully saturated rings. The Morgan fingerprint density at radius 3 is 0.760 bits per heavy atom. The third kappa shape index (κ3) is 14.6. The van der Waals surface area contributed by atoms with Crippen LogP contribution in [-0.2, 0) is 56.0 Å². The minimum atomic E-state index is -6.13. The second-order valence-electron chi connectivity index (χ2n) is 17.6. The molecule has 27 heteroatoms. The molecule has 0 aliphatic heterocycles. The molecule has 0 bridgehead atoms. The smallest absolute Gasteiger partial charge is 0.416 e. The molecule has 406 valence electrons. The van der Waals surface area contributed by atoms with Crippen LogP contribution in [0.15, 0.2) is 128 Å². The SMILES string of the molecule is CC(C)(C)Oc1ccc(C[n+]2ccccc2)cc1.FC(F)(F)c1cc([B-](c2cc(C(F)(F)F)cc(C(F)(F)F)c2)(c2cc(C(F)(F)F)cc(C(F)(F)F)c2)c2cc(C(F)(F)F)cc(C(F)(F)F)c2)cc(C(F)(F)F)c1. The molecule has 0 saturated heterocycles. The van der Waals surface area contributed by atoms with Gasteiger partial charge in [0.25, 0.3) is 0 Å². The van der Waals surface area contributed by atoms with Crippen molar-refractivity contribution in [1.82, 2.24) is 0 Å². The van der Waals surface area contributed by atoms with Gasteiger partial charge in [-0.3, -0.25) is 0 Å². The molecule has 0 spiro atoms. The van der Waals surface area contributed by atoms with Crippen LogP contribution in [0.3, 0.4) is 0 Å². The van der Waals surface area contributed by atoms with Crippen LogP contribution >= 0.6 is 0 Å². The monoisotopic (exact) mass is 1110 g/mol. The first-order valence-electron chi connectivity index (χ1n) is 20.9. The molecule has 6 rings (SSSR count). The predicted molar refractivity (Wildman–Crippen MR) is 223 cm³/mol. The normalized spacial score (nSPS) is 13.6. The molecule has 5 aromatic carbocycles. The molecule has 1 aromatic heterocycles. The summed E-state index contributed by atoms with van der Waals surface area (Å²) in [6, 6.07) is 5.58. The lowest BCUT2D eigenvalue weighted by Gasteiger charge is -2.46. The minimum absolute atomic E-state index is 0.143. The quantitative estimate of drug-likeness (QED) is 0.0882. The predicted octanol–water partition coefficient (Wildman–Crippen LogP) is 14.4. The highest BCUT2D eigenvalue weighted by molar-refractivity contribution is 7.20. The summed E-state index contributed by atoms with van der Waals surface area (Å²) < 4.78 is 349. The van der Waals surface area contributed by atoms with E-state index < -0.39 is 195 Å². The molecule has 0 N–H and O–H groups in total. The van der Waals surface area contributed by atoms with Crippen LogP contribution in [0.2, 0.25) is 0 Å². The number of benzene rings is 5. The molecule has 0 saturated carbocycles. The summed E-state index contributed by atoms with van der Waals surface area (Å²) in [4.78, 5) is 0. The number of halogens is 24. The number of hydrogen-bond acceptors (Lipinski definition) is 1. The van der Waals surface area contributed by atoms with Gasteiger partial charge in [0.1, 0.15) is 17.5 Å². The summed E-state index contributed by atoms with van der Waals surface area (Å²) in [5, 5.41) is 0. The van der Waals surface area contributed by atoms with Crippen LogP contribution in [0.5, 0.6) is 5.75 Å². The van der Waals surface area contributed by atoms with Crippen molar-refractivity contribution in [2.45, 2.75) is 82.3 Å². The highest BCUT2D eigenvalue weighted by Crippen LogP contribution is 2.41. The maximum absolute atomic E-state index is 14.2. The van der Waals surface area contributed by atoms with E-state index in [-0.39, 0.29) is 5.60 Å². The highest BCUT2D eigenvalue weighted by atomic mass is 19.4. The third-order valence-corrected chi connectivity index (χ3v) is 10.9. The zero-order valence-electron chi connectivity index (χ0n) is 37.8. The molecule has 0 atom stereocenters. The van der Waals surface area contributed by atoms with Gasteiger partial charge in [-0.1, -0.05) is 54.6 Å². The Morgan fingerprint density at radius 2 is 0.560 bits per heavy atom. The van der Waals surface area contributed by atoms with Gasteiger partial charge < -0.3 is 4.74 Å². The van der Waals surface area contributed by atoms with Crippen LogP contribution in [0.1, 0.15) is 70.8 Å². The second kappa shape index (κ2) is 20.2. The molecular formula is C48H32BF24NO. The fourth-order valence-corrected chi connectivity index (χ4v) is 7.84. The van der Waals surface area contributed by atoms with Gasteiger partial charge in [-0.15, -0.1) is 0 Å². The van der Waals surface area contributed by atoms with Gasteiger partial charge in [0.15, 0.2) is 18.9 Å². The Hall–Kier alpha value is -6.57. The standard InChI is InChI=1S/C32H12BF24.C16H20NO/c34-25(35,36)13-1-14(26(37,38)39)6-21(5-13)33(22-7-15(27(40,41)42)2-16(8-22)28(43,44)45,23-9-17(29(46,47)48)3-18(10-23)30(49,50)51)24-11-19(31(52,53)54)4-20(12-24)32(55,56)57;1-16(2,3)18-15-9-7-14(8-10-15)13-17-11-5-4-6-12-17/h1-12H;4-12H,13H2,1-3H3/q-1;+1. The first kappa shape index (κ1) is 59.3. The van der Waals surface area contributed by atoms with Crippen LogP contribution in [0, 0.1) is 0 Å². The molecule has 6 aromatic rings. The van der Waals surface area contributed by atoms with Crippen LogP contribution in [0.25, 0.3) is 0 Å². The zero-order chi connectivity index (χ0) is 56.9. The number of pyridine rings is 1. The van der Waals surface area contributed by atoms with E-state index in [1.807, 2.05) is 30.3 Å². The first-order valence-corrected chi connectivity index (χ1v) is 20.9. The summed E-state index contributed by atoms with van der Waals surface area (Å²) in [5.74, 6) is 0.921. The molecule has 0 unspecified atom stereocenters. The lowest BCUT2D eigenvalue weighted by atomic mass is 9.12. The van der Waals surface area contributed by atoms with Crippen molar-refractivity contribution in [3.63, 3.8) is 0 Å². The summed E-state index contributed by atoms with van der Waals surface area (Å²) in [7, 11) is 0. The van der Waals surface area contributed by atoms with Gasteiger partial charge in [0, 0.05) is 17.7 Å². The van der Waals surface area contributed by atoms with E-state index in [0.29, 0.717) is 0 Å². The van der Waals surface area contributed by atoms with Crippen molar-refractivity contribution in [2.75, 3.05) is 0 Å². The zero-order valence-corrected chi connectivity index (χ0v) is 37.8. The van der Waals surface area contributed by atoms with E-state index in [2.05, 4.69) is 49.9 Å². The van der Waals surface area contributed by atoms with E-state index in [0.717, 1.165) is 12.3 Å². The lowest BCUT2D eigenvalue weighted by Crippen LogP contribution is -2.75. The van der Waals surface area contributed by atoms with Crippen molar-refractivity contribution >= 4 is 28.0 Å². The average molecular weight is 1110 g/mol. The molecule has 75 heavy (non-hydrogen) atoms. The van der Waals surface area contributed by atoms with E-state index in [4.69, 9.17) is 4.74 Å². The topological polar surface area (TPSA) is 13.1 Å². The molecule has 0 radical (unpaired) electrons. The number of alkyl halides is 24. The van der Waals surface area contributed by atoms with Crippen molar-refractivity contribution < 1.29 is 115 Å². The Kier molecular flexibility index (Phi) is 16.0. The molecule has 2 nitrogen and oxygen atoms in total. The van der Waals surface area contributed by atoms with Crippen LogP contribution in [-0.4, -0.2) is 11.7 Å². The number of ether oxygens (including phenoxy) is 1. The van der Waals surface area contributed by atoms with E-state index in [1.165, 1.54) is 5.56 Å². The van der Waals surface area contributed by atoms with Gasteiger partial charge in [0.05, 0.1) is 44.5 Å². The maximum atomic E-state index is 14.2. The highest BCUT2D eigenvalue weighted by Gasteiger charge is 2.47. The first-order chi connectivity index (χ1) is 33.8. The average Bonchev–Trinajstić information content (AvgIpc) is 3.25. The van der Waals surface area contributed by atoms with Crippen LogP contribution in [0.4, 0.5) is 105 Å². The number of hydrogen-bond donors (Lipinski definition) is 0. The lowest BCUT2D eigenvalue weighted by molar-refractivity contribution is -0.688. The molecular weight excluding hydrogens is 1070 g/mol. The fraction of sp³-hybridized carbons (Fsp3) is 0.271. The Balaban J connectivity index is 0.000000483. The van der Waals surface area contributed by atoms with Crippen molar-refractivity contribution in [1.29, 1.82) is 0 Å². The maximum Gasteiger partial charge on any atom is 0.416 e. The summed E-state index contributed by atoms with van der Waals surface area (Å²) in [5.41, 5.74) is -29.1. The fourth-order valence-electron chi connectivity index (χ4n) is 7.84. The van der Waals surface area contributed by atoms with E-state index in [9.17, 15) is 105 Å². The van der Waals surface area contributed by atoms with Gasteiger partial charge in [-0.2, -0.15) is 127 Å². The van der Waals surface area contributed by atoms with Crippen molar-refractivity contribution in [2.24, 2.45) is 0 Å². The third-order valence-electron chi connectivity index (χ3n) is 10.9. The Labute approximate surface area is 408 Å². The van der Waals surface area contributed by atoms with E-state index >= 15 is 0 Å². The van der Waals surface area contributed by atoms with E-state index in [1.54, 1.807) is 0 Å². The summed E-state index contributed by atoms with van der Waals surface area (Å²) in [6.45, 7) is 7.05. The number of nitrogens with zero attached hydrogens (tertiary/aromatic N) is 1. The minimum Gasteiger partial charge on any atom is -0.488 e. The largest absolute Gasteiger partial charge is 0.488 e. The van der Waals surface area contributed by atoms with Gasteiger partial charge >= 0.3 is 49.4 Å². The molecule has 0 aliphatic rings.